The quantitative estimate of drug-likeness (QED) is 0.591. The Balaban J connectivity index is 2.40. The molecule has 0 bridgehead atoms. The van der Waals surface area contributed by atoms with Crippen molar-refractivity contribution in [3.05, 3.63) is 53.6 Å². The van der Waals surface area contributed by atoms with E-state index in [1.807, 2.05) is 6.92 Å². The smallest absolute Gasteiger partial charge is 0.325 e. The molecule has 0 heterocycles. The number of benzene rings is 2. The molecule has 0 spiro atoms. The van der Waals surface area contributed by atoms with Crippen LogP contribution in [0.5, 0.6) is 5.75 Å². The van der Waals surface area contributed by atoms with Crippen LogP contribution in [0, 0.1) is 6.92 Å². The number of esters is 1. The molecule has 0 fully saturated rings. The highest BCUT2D eigenvalue weighted by Crippen LogP contribution is 2.28. The number of anilines is 1. The van der Waals surface area contributed by atoms with E-state index in [0.717, 1.165) is 5.56 Å². The summed E-state index contributed by atoms with van der Waals surface area (Å²) >= 11 is 0. The van der Waals surface area contributed by atoms with Gasteiger partial charge in [0.2, 0.25) is 0 Å². The summed E-state index contributed by atoms with van der Waals surface area (Å²) in [6.45, 7) is 7.07. The number of methoxy groups -OCH3 is 1. The summed E-state index contributed by atoms with van der Waals surface area (Å²) < 4.78 is 38.7. The molecule has 2 aromatic carbocycles. The second-order valence-electron chi connectivity index (χ2n) is 7.17. The Bertz CT molecular complexity index is 1030. The molecule has 8 nitrogen and oxygen atoms in total. The third kappa shape index (κ3) is 6.21. The van der Waals surface area contributed by atoms with Crippen molar-refractivity contribution in [2.75, 3.05) is 25.0 Å². The predicted molar refractivity (Wildman–Crippen MR) is 118 cm³/mol. The Morgan fingerprint density at radius 1 is 1.10 bits per heavy atom. The van der Waals surface area contributed by atoms with Gasteiger partial charge in [0.1, 0.15) is 17.2 Å². The molecule has 1 N–H and O–H groups in total. The second kappa shape index (κ2) is 10.3. The zero-order valence-electron chi connectivity index (χ0n) is 18.3. The Morgan fingerprint density at radius 2 is 1.74 bits per heavy atom. The summed E-state index contributed by atoms with van der Waals surface area (Å²) in [4.78, 5) is 26.1. The van der Waals surface area contributed by atoms with Crippen LogP contribution in [0.15, 0.2) is 47.4 Å². The molecule has 2 rings (SSSR count). The Labute approximate surface area is 183 Å². The summed E-state index contributed by atoms with van der Waals surface area (Å²) in [5.41, 5.74) is 1.49. The highest BCUT2D eigenvalue weighted by atomic mass is 32.2. The fourth-order valence-corrected chi connectivity index (χ4v) is 4.11. The average Bonchev–Trinajstić information content (AvgIpc) is 2.72. The summed E-state index contributed by atoms with van der Waals surface area (Å²) in [5.74, 6) is -0.929. The number of nitrogens with zero attached hydrogens (tertiary/aromatic N) is 1. The van der Waals surface area contributed by atoms with E-state index >= 15 is 0 Å². The van der Waals surface area contributed by atoms with Crippen LogP contribution in [0.25, 0.3) is 0 Å². The molecule has 2 aromatic rings. The number of carbonyl (C=O) groups excluding carboxylic acids is 2. The van der Waals surface area contributed by atoms with Crippen LogP contribution in [-0.2, 0) is 19.6 Å². The summed E-state index contributed by atoms with van der Waals surface area (Å²) in [6, 6.07) is 10.7. The number of hydrogen-bond acceptors (Lipinski definition) is 6. The molecular weight excluding hydrogens is 420 g/mol. The number of aryl methyl sites for hydroxylation is 1. The van der Waals surface area contributed by atoms with Gasteiger partial charge in [-0.25, -0.2) is 8.42 Å². The standard InChI is InChI=1S/C22H28N2O6S/c1-6-30-21(25)14-24(15(2)3)22(26)17-9-12-19(29-5)20(13-17)31(27,28)23-18-10-7-16(4)8-11-18/h7-13,15,23H,6,14H2,1-5H3. The predicted octanol–water partition coefficient (Wildman–Crippen LogP) is 3.22. The highest BCUT2D eigenvalue weighted by molar-refractivity contribution is 7.92. The Kier molecular flexibility index (Phi) is 8.04. The fourth-order valence-electron chi connectivity index (χ4n) is 2.85. The average molecular weight is 449 g/mol. The normalized spacial score (nSPS) is 11.2. The minimum absolute atomic E-state index is 0.0950. The number of hydrogen-bond donors (Lipinski definition) is 1. The molecule has 0 unspecified atom stereocenters. The van der Waals surface area contributed by atoms with Gasteiger partial charge in [0.25, 0.3) is 15.9 Å². The summed E-state index contributed by atoms with van der Waals surface area (Å²) in [5, 5.41) is 0. The first-order chi connectivity index (χ1) is 14.6. The maximum Gasteiger partial charge on any atom is 0.325 e. The molecule has 31 heavy (non-hydrogen) atoms. The first-order valence-electron chi connectivity index (χ1n) is 9.83. The highest BCUT2D eigenvalue weighted by Gasteiger charge is 2.26. The van der Waals surface area contributed by atoms with E-state index < -0.39 is 21.9 Å². The molecule has 0 aliphatic carbocycles. The number of ether oxygens (including phenoxy) is 2. The molecule has 0 aromatic heterocycles. The third-order valence-corrected chi connectivity index (χ3v) is 5.90. The van der Waals surface area contributed by atoms with E-state index in [1.54, 1.807) is 45.0 Å². The van der Waals surface area contributed by atoms with Gasteiger partial charge in [0, 0.05) is 17.3 Å². The van der Waals surface area contributed by atoms with Crippen molar-refractivity contribution in [1.82, 2.24) is 4.90 Å². The third-order valence-electron chi connectivity index (χ3n) is 4.49. The summed E-state index contributed by atoms with van der Waals surface area (Å²) in [6.07, 6.45) is 0. The topological polar surface area (TPSA) is 102 Å². The van der Waals surface area contributed by atoms with Crippen molar-refractivity contribution >= 4 is 27.6 Å². The van der Waals surface area contributed by atoms with Crippen molar-refractivity contribution in [3.63, 3.8) is 0 Å². The molecular formula is C22H28N2O6S. The minimum Gasteiger partial charge on any atom is -0.495 e. The van der Waals surface area contributed by atoms with Gasteiger partial charge in [-0.1, -0.05) is 17.7 Å². The van der Waals surface area contributed by atoms with Crippen molar-refractivity contribution < 1.29 is 27.5 Å². The van der Waals surface area contributed by atoms with Gasteiger partial charge in [-0.2, -0.15) is 0 Å². The largest absolute Gasteiger partial charge is 0.495 e. The van der Waals surface area contributed by atoms with Gasteiger partial charge < -0.3 is 14.4 Å². The molecule has 0 atom stereocenters. The van der Waals surface area contributed by atoms with Gasteiger partial charge in [-0.3, -0.25) is 14.3 Å². The SMILES string of the molecule is CCOC(=O)CN(C(=O)c1ccc(OC)c(S(=O)(=O)Nc2ccc(C)cc2)c1)C(C)C. The van der Waals surface area contributed by atoms with E-state index in [-0.39, 0.29) is 35.4 Å². The molecule has 168 valence electrons. The van der Waals surface area contributed by atoms with Crippen LogP contribution in [0.2, 0.25) is 0 Å². The lowest BCUT2D eigenvalue weighted by molar-refractivity contribution is -0.144. The van der Waals surface area contributed by atoms with Gasteiger partial charge >= 0.3 is 5.97 Å². The van der Waals surface area contributed by atoms with E-state index in [9.17, 15) is 18.0 Å². The maximum absolute atomic E-state index is 13.1. The van der Waals surface area contributed by atoms with Crippen molar-refractivity contribution in [2.24, 2.45) is 0 Å². The number of amides is 1. The zero-order valence-corrected chi connectivity index (χ0v) is 19.2. The van der Waals surface area contributed by atoms with Crippen molar-refractivity contribution in [3.8, 4) is 5.75 Å². The molecule has 0 saturated carbocycles. The van der Waals surface area contributed by atoms with Crippen LogP contribution in [-0.4, -0.2) is 51.5 Å². The molecule has 1 amide bonds. The number of nitrogens with one attached hydrogen (secondary N) is 1. The van der Waals surface area contributed by atoms with E-state index in [1.165, 1.54) is 30.2 Å². The van der Waals surface area contributed by atoms with Crippen LogP contribution < -0.4 is 9.46 Å². The molecule has 0 aliphatic rings. The lowest BCUT2D eigenvalue weighted by Gasteiger charge is -2.26. The van der Waals surface area contributed by atoms with Crippen LogP contribution in [0.1, 0.15) is 36.7 Å². The Morgan fingerprint density at radius 3 is 2.29 bits per heavy atom. The monoisotopic (exact) mass is 448 g/mol. The Hall–Kier alpha value is -3.07. The molecule has 0 radical (unpaired) electrons. The van der Waals surface area contributed by atoms with Crippen molar-refractivity contribution in [1.29, 1.82) is 0 Å². The van der Waals surface area contributed by atoms with Gasteiger partial charge in [-0.15, -0.1) is 0 Å². The van der Waals surface area contributed by atoms with Gasteiger partial charge in [-0.05, 0) is 58.0 Å². The van der Waals surface area contributed by atoms with Crippen molar-refractivity contribution in [2.45, 2.75) is 38.6 Å². The van der Waals surface area contributed by atoms with Crippen LogP contribution in [0.3, 0.4) is 0 Å². The van der Waals surface area contributed by atoms with E-state index in [2.05, 4.69) is 4.72 Å². The maximum atomic E-state index is 13.1. The lowest BCUT2D eigenvalue weighted by Crippen LogP contribution is -2.41. The minimum atomic E-state index is -4.04. The first kappa shape index (κ1) is 24.2. The van der Waals surface area contributed by atoms with Gasteiger partial charge in [0.15, 0.2) is 0 Å². The van der Waals surface area contributed by atoms with Gasteiger partial charge in [0.05, 0.1) is 13.7 Å². The first-order valence-corrected chi connectivity index (χ1v) is 11.3. The zero-order chi connectivity index (χ0) is 23.2. The molecule has 9 heteroatoms. The van der Waals surface area contributed by atoms with E-state index in [4.69, 9.17) is 9.47 Å². The van der Waals surface area contributed by atoms with Crippen LogP contribution >= 0.6 is 0 Å². The number of carbonyl (C=O) groups is 2. The molecule has 0 saturated heterocycles. The van der Waals surface area contributed by atoms with Crippen LogP contribution in [0.4, 0.5) is 5.69 Å². The fraction of sp³-hybridized carbons (Fsp3) is 0.364. The lowest BCUT2D eigenvalue weighted by atomic mass is 10.1. The molecule has 0 aliphatic heterocycles. The number of rotatable bonds is 9. The number of sulfonamides is 1. The second-order valence-corrected chi connectivity index (χ2v) is 8.82. The summed E-state index contributed by atoms with van der Waals surface area (Å²) in [7, 11) is -2.69. The van der Waals surface area contributed by atoms with E-state index in [0.29, 0.717) is 5.69 Å².